The van der Waals surface area contributed by atoms with E-state index >= 15 is 0 Å². The van der Waals surface area contributed by atoms with Crippen LogP contribution in [0, 0.1) is 5.92 Å². The summed E-state index contributed by atoms with van der Waals surface area (Å²) in [6, 6.07) is -1.78. The van der Waals surface area contributed by atoms with Gasteiger partial charge in [0.25, 0.3) is 11.8 Å². The number of hydrogen-bond acceptors (Lipinski definition) is 5. The number of carboxylic acid groups (broad SMARTS) is 1. The first kappa shape index (κ1) is 21.1. The van der Waals surface area contributed by atoms with Crippen molar-refractivity contribution in [3.8, 4) is 0 Å². The van der Waals surface area contributed by atoms with E-state index in [0.29, 0.717) is 32.4 Å². The van der Waals surface area contributed by atoms with Gasteiger partial charge in [0, 0.05) is 13.1 Å². The van der Waals surface area contributed by atoms with Crippen LogP contribution in [0.5, 0.6) is 0 Å². The summed E-state index contributed by atoms with van der Waals surface area (Å²) in [6.07, 6.45) is 2.34. The number of rotatable bonds is 9. The fourth-order valence-corrected chi connectivity index (χ4v) is 3.23. The summed E-state index contributed by atoms with van der Waals surface area (Å²) in [6.45, 7) is 6.33. The number of epoxide rings is 1. The molecule has 9 nitrogen and oxygen atoms in total. The highest BCUT2D eigenvalue weighted by molar-refractivity contribution is 6.12. The van der Waals surface area contributed by atoms with E-state index < -0.39 is 41.4 Å². The van der Waals surface area contributed by atoms with Gasteiger partial charge in [0.05, 0.1) is 6.61 Å². The molecular formula is C18H29N3O6. The molecule has 2 rings (SSSR count). The molecule has 2 heterocycles. The number of nitrogens with zero attached hydrogens (tertiary/aromatic N) is 1. The largest absolute Gasteiger partial charge is 0.480 e. The third kappa shape index (κ3) is 4.40. The van der Waals surface area contributed by atoms with Crippen LogP contribution in [0.2, 0.25) is 0 Å². The fraction of sp³-hybridized carbons (Fsp3) is 0.778. The minimum Gasteiger partial charge on any atom is -0.480 e. The van der Waals surface area contributed by atoms with Gasteiger partial charge in [-0.2, -0.15) is 0 Å². The summed E-state index contributed by atoms with van der Waals surface area (Å²) in [4.78, 5) is 50.7. The van der Waals surface area contributed by atoms with Gasteiger partial charge >= 0.3 is 5.97 Å². The average Bonchev–Trinajstić information content (AvgIpc) is 3.32. The summed E-state index contributed by atoms with van der Waals surface area (Å²) in [7, 11) is 0. The minimum atomic E-state index is -1.58. The van der Waals surface area contributed by atoms with Gasteiger partial charge in [-0.05, 0) is 25.2 Å². The maximum Gasteiger partial charge on any atom is 0.326 e. The number of hydrogen-bond donors (Lipinski definition) is 3. The van der Waals surface area contributed by atoms with Gasteiger partial charge in [-0.1, -0.05) is 27.2 Å². The zero-order valence-corrected chi connectivity index (χ0v) is 16.1. The van der Waals surface area contributed by atoms with Crippen LogP contribution in [0.3, 0.4) is 0 Å². The molecule has 0 aromatic heterocycles. The van der Waals surface area contributed by atoms with Gasteiger partial charge in [0.15, 0.2) is 0 Å². The van der Waals surface area contributed by atoms with Crippen molar-refractivity contribution in [2.24, 2.45) is 5.92 Å². The van der Waals surface area contributed by atoms with Crippen LogP contribution in [-0.4, -0.2) is 71.1 Å². The van der Waals surface area contributed by atoms with Crippen LogP contribution in [0.1, 0.15) is 46.5 Å². The molecule has 2 fully saturated rings. The molecule has 0 saturated carbocycles. The number of likely N-dealkylation sites (tertiary alicyclic amines) is 1. The predicted molar refractivity (Wildman–Crippen MR) is 95.7 cm³/mol. The molecule has 0 aromatic carbocycles. The molecule has 3 amide bonds. The van der Waals surface area contributed by atoms with Gasteiger partial charge in [-0.15, -0.1) is 0 Å². The fourth-order valence-electron chi connectivity index (χ4n) is 3.23. The Kier molecular flexibility index (Phi) is 6.80. The molecule has 0 aromatic rings. The van der Waals surface area contributed by atoms with Crippen LogP contribution >= 0.6 is 0 Å². The lowest BCUT2D eigenvalue weighted by Crippen LogP contribution is -2.58. The molecule has 0 spiro atoms. The van der Waals surface area contributed by atoms with Crippen molar-refractivity contribution in [1.29, 1.82) is 0 Å². The Hall–Kier alpha value is -2.16. The predicted octanol–water partition coefficient (Wildman–Crippen LogP) is -0.112. The van der Waals surface area contributed by atoms with Crippen molar-refractivity contribution < 1.29 is 29.0 Å². The lowest BCUT2D eigenvalue weighted by Gasteiger charge is -2.30. The number of carbonyl (C=O) groups is 4. The molecule has 1 unspecified atom stereocenters. The summed E-state index contributed by atoms with van der Waals surface area (Å²) >= 11 is 0. The molecule has 9 heteroatoms. The number of nitrogens with one attached hydrogen (secondary N) is 2. The first-order valence-electron chi connectivity index (χ1n) is 9.55. The standard InChI is InChI=1S/C18H29N3O6/c1-4-8-19-16(25)18(10-27-18)17(26)20-13(11(3)5-2)14(22)21-9-6-7-12(21)15(23)24/h11-13H,4-10H2,1-3H3,(H,19,25)(H,20,26)(H,23,24)/t11-,12-,13-,18?/m0/s1. The Balaban J connectivity index is 2.13. The Morgan fingerprint density at radius 1 is 1.26 bits per heavy atom. The van der Waals surface area contributed by atoms with E-state index in [1.807, 2.05) is 20.8 Å². The second-order valence-corrected chi connectivity index (χ2v) is 7.24. The first-order valence-corrected chi connectivity index (χ1v) is 9.55. The lowest BCUT2D eigenvalue weighted by atomic mass is 9.96. The van der Waals surface area contributed by atoms with Crippen molar-refractivity contribution in [3.05, 3.63) is 0 Å². The molecule has 0 radical (unpaired) electrons. The number of carbonyl (C=O) groups excluding carboxylic acids is 3. The molecule has 0 bridgehead atoms. The van der Waals surface area contributed by atoms with Crippen LogP contribution in [-0.2, 0) is 23.9 Å². The van der Waals surface area contributed by atoms with Crippen molar-refractivity contribution >= 4 is 23.7 Å². The number of carboxylic acids is 1. The normalized spacial score (nSPS) is 26.2. The Labute approximate surface area is 158 Å². The molecule has 2 aliphatic rings. The zero-order chi connectivity index (χ0) is 20.2. The van der Waals surface area contributed by atoms with Crippen LogP contribution in [0.4, 0.5) is 0 Å². The minimum absolute atomic E-state index is 0.0305. The maximum absolute atomic E-state index is 13.0. The van der Waals surface area contributed by atoms with Crippen molar-refractivity contribution in [1.82, 2.24) is 15.5 Å². The zero-order valence-electron chi connectivity index (χ0n) is 16.1. The molecular weight excluding hydrogens is 354 g/mol. The smallest absolute Gasteiger partial charge is 0.326 e. The molecule has 152 valence electrons. The van der Waals surface area contributed by atoms with E-state index in [1.165, 1.54) is 4.90 Å². The highest BCUT2D eigenvalue weighted by Gasteiger charge is 2.60. The van der Waals surface area contributed by atoms with E-state index in [1.54, 1.807) is 0 Å². The molecule has 2 saturated heterocycles. The second-order valence-electron chi connectivity index (χ2n) is 7.24. The SMILES string of the molecule is CCCNC(=O)C1(C(=O)N[C@H](C(=O)N2CCC[C@H]2C(=O)O)[C@@H](C)CC)CO1. The van der Waals surface area contributed by atoms with Crippen LogP contribution in [0.25, 0.3) is 0 Å². The van der Waals surface area contributed by atoms with Crippen molar-refractivity contribution in [3.63, 3.8) is 0 Å². The molecule has 0 aliphatic carbocycles. The molecule has 2 aliphatic heterocycles. The van der Waals surface area contributed by atoms with E-state index in [4.69, 9.17) is 4.74 Å². The van der Waals surface area contributed by atoms with Gasteiger partial charge in [0.2, 0.25) is 11.5 Å². The van der Waals surface area contributed by atoms with E-state index in [2.05, 4.69) is 10.6 Å². The summed E-state index contributed by atoms with van der Waals surface area (Å²) < 4.78 is 5.15. The maximum atomic E-state index is 13.0. The summed E-state index contributed by atoms with van der Waals surface area (Å²) in [5.74, 6) is -2.85. The Morgan fingerprint density at radius 2 is 1.93 bits per heavy atom. The van der Waals surface area contributed by atoms with Crippen molar-refractivity contribution in [2.75, 3.05) is 19.7 Å². The number of amides is 3. The number of ether oxygens (including phenoxy) is 1. The van der Waals surface area contributed by atoms with Crippen LogP contribution in [0.15, 0.2) is 0 Å². The van der Waals surface area contributed by atoms with Crippen molar-refractivity contribution in [2.45, 2.75) is 64.1 Å². The second kappa shape index (κ2) is 8.69. The Morgan fingerprint density at radius 3 is 2.44 bits per heavy atom. The highest BCUT2D eigenvalue weighted by atomic mass is 16.6. The van der Waals surface area contributed by atoms with Gasteiger partial charge in [-0.3, -0.25) is 14.4 Å². The first-order chi connectivity index (χ1) is 12.8. The summed E-state index contributed by atoms with van der Waals surface area (Å²) in [5, 5.41) is 14.6. The molecule has 3 N–H and O–H groups in total. The van der Waals surface area contributed by atoms with E-state index in [9.17, 15) is 24.3 Å². The number of aliphatic carboxylic acids is 1. The molecule has 4 atom stereocenters. The lowest BCUT2D eigenvalue weighted by molar-refractivity contribution is -0.150. The average molecular weight is 383 g/mol. The monoisotopic (exact) mass is 383 g/mol. The van der Waals surface area contributed by atoms with E-state index in [-0.39, 0.29) is 12.5 Å². The highest BCUT2D eigenvalue weighted by Crippen LogP contribution is 2.29. The van der Waals surface area contributed by atoms with Gasteiger partial charge < -0.3 is 25.4 Å². The summed E-state index contributed by atoms with van der Waals surface area (Å²) in [5.41, 5.74) is -1.58. The van der Waals surface area contributed by atoms with Crippen LogP contribution < -0.4 is 10.6 Å². The quantitative estimate of drug-likeness (QED) is 0.376. The third-order valence-electron chi connectivity index (χ3n) is 5.29. The van der Waals surface area contributed by atoms with Gasteiger partial charge in [0.1, 0.15) is 12.1 Å². The van der Waals surface area contributed by atoms with E-state index in [0.717, 1.165) is 6.42 Å². The Bertz CT molecular complexity index is 604. The molecule has 27 heavy (non-hydrogen) atoms. The van der Waals surface area contributed by atoms with Gasteiger partial charge in [-0.25, -0.2) is 4.79 Å². The topological polar surface area (TPSA) is 128 Å². The third-order valence-corrected chi connectivity index (χ3v) is 5.29.